The van der Waals surface area contributed by atoms with Crippen LogP contribution in [0.15, 0.2) is 36.4 Å². The van der Waals surface area contributed by atoms with Gasteiger partial charge in [0.15, 0.2) is 6.10 Å². The molecule has 0 radical (unpaired) electrons. The van der Waals surface area contributed by atoms with Crippen LogP contribution < -0.4 is 23.8 Å². The minimum absolute atomic E-state index is 0.167. The first-order chi connectivity index (χ1) is 14.1. The lowest BCUT2D eigenvalue weighted by Crippen LogP contribution is -2.50. The van der Waals surface area contributed by atoms with Crippen LogP contribution in [0, 0.1) is 0 Å². The largest absolute Gasteiger partial charge is 0.497 e. The second-order valence-electron chi connectivity index (χ2n) is 6.85. The van der Waals surface area contributed by atoms with Gasteiger partial charge in [0.1, 0.15) is 17.2 Å². The maximum atomic E-state index is 12.9. The number of carbonyl (C=O) groups is 1. The van der Waals surface area contributed by atoms with Crippen molar-refractivity contribution in [2.24, 2.45) is 0 Å². The van der Waals surface area contributed by atoms with Gasteiger partial charge in [0.2, 0.25) is 10.0 Å². The quantitative estimate of drug-likeness (QED) is 0.721. The molecule has 0 saturated carbocycles. The first kappa shape index (κ1) is 22.0. The summed E-state index contributed by atoms with van der Waals surface area (Å²) in [5.74, 6) is 1.02. The van der Waals surface area contributed by atoms with Gasteiger partial charge in [-0.25, -0.2) is 8.42 Å². The third-order valence-corrected chi connectivity index (χ3v) is 6.13. The van der Waals surface area contributed by atoms with Crippen LogP contribution in [-0.2, 0) is 14.8 Å². The molecule has 1 heterocycles. The molecule has 2 aromatic rings. The monoisotopic (exact) mass is 454 g/mol. The molecule has 0 bridgehead atoms. The number of fused-ring (bicyclic) bond motifs is 1. The van der Waals surface area contributed by atoms with E-state index >= 15 is 0 Å². The number of rotatable bonds is 6. The molecule has 10 heteroatoms. The fourth-order valence-corrected chi connectivity index (χ4v) is 4.31. The van der Waals surface area contributed by atoms with E-state index < -0.39 is 28.1 Å². The summed E-state index contributed by atoms with van der Waals surface area (Å²) < 4.78 is 42.1. The smallest absolute Gasteiger partial charge is 0.263 e. The van der Waals surface area contributed by atoms with Gasteiger partial charge in [-0.2, -0.15) is 0 Å². The lowest BCUT2D eigenvalue weighted by Gasteiger charge is -2.34. The summed E-state index contributed by atoms with van der Waals surface area (Å²) in [6, 6.07) is 9.45. The number of nitrogens with zero attached hydrogens (tertiary/aromatic N) is 1. The molecule has 3 rings (SSSR count). The Balaban J connectivity index is 1.85. The van der Waals surface area contributed by atoms with Crippen LogP contribution in [-0.4, -0.2) is 47.4 Å². The molecule has 162 valence electrons. The topological polar surface area (TPSA) is 94.2 Å². The number of sulfonamides is 1. The third-order valence-electron chi connectivity index (χ3n) is 4.75. The van der Waals surface area contributed by atoms with Gasteiger partial charge in [0.05, 0.1) is 38.7 Å². The van der Waals surface area contributed by atoms with Crippen molar-refractivity contribution >= 4 is 33.2 Å². The van der Waals surface area contributed by atoms with Gasteiger partial charge in [0, 0.05) is 10.6 Å². The standard InChI is InChI=1S/C20H23ClN2O6S/c1-12(15-10-14(27-2)6-8-17(15)28-3)22-20(24)19-11-23(30(4,25)26)16-9-13(21)5-7-18(16)29-19/h5-10,12,19H,11H2,1-4H3,(H,22,24)/t12-,19+/m1/s1. The Morgan fingerprint density at radius 1 is 1.23 bits per heavy atom. The molecule has 2 atom stereocenters. The van der Waals surface area contributed by atoms with E-state index in [0.29, 0.717) is 27.8 Å². The van der Waals surface area contributed by atoms with Gasteiger partial charge in [-0.3, -0.25) is 9.10 Å². The van der Waals surface area contributed by atoms with Gasteiger partial charge in [-0.05, 0) is 43.3 Å². The number of amides is 1. The number of benzene rings is 2. The van der Waals surface area contributed by atoms with Crippen LogP contribution in [0.5, 0.6) is 17.2 Å². The first-order valence-electron chi connectivity index (χ1n) is 9.10. The van der Waals surface area contributed by atoms with E-state index in [2.05, 4.69) is 5.32 Å². The average Bonchev–Trinajstić information content (AvgIpc) is 2.71. The van der Waals surface area contributed by atoms with Crippen LogP contribution in [0.4, 0.5) is 5.69 Å². The Kier molecular flexibility index (Phi) is 6.33. The van der Waals surface area contributed by atoms with E-state index in [9.17, 15) is 13.2 Å². The number of hydrogen-bond donors (Lipinski definition) is 1. The van der Waals surface area contributed by atoms with Crippen LogP contribution in [0.3, 0.4) is 0 Å². The Hall–Kier alpha value is -2.65. The van der Waals surface area contributed by atoms with Crippen LogP contribution in [0.25, 0.3) is 0 Å². The predicted octanol–water partition coefficient (Wildman–Crippen LogP) is 2.76. The number of methoxy groups -OCH3 is 2. The van der Waals surface area contributed by atoms with Crippen molar-refractivity contribution in [3.05, 3.63) is 47.0 Å². The molecule has 1 aliphatic rings. The van der Waals surface area contributed by atoms with Crippen molar-refractivity contribution in [1.82, 2.24) is 5.32 Å². The van der Waals surface area contributed by atoms with Crippen molar-refractivity contribution in [1.29, 1.82) is 0 Å². The average molecular weight is 455 g/mol. The minimum Gasteiger partial charge on any atom is -0.497 e. The zero-order chi connectivity index (χ0) is 22.1. The molecule has 30 heavy (non-hydrogen) atoms. The second kappa shape index (κ2) is 8.61. The molecule has 2 aromatic carbocycles. The van der Waals surface area contributed by atoms with Crippen LogP contribution in [0.1, 0.15) is 18.5 Å². The molecule has 0 aromatic heterocycles. The van der Waals surface area contributed by atoms with Gasteiger partial charge in [-0.1, -0.05) is 11.6 Å². The molecule has 0 fully saturated rings. The van der Waals surface area contributed by atoms with E-state index in [0.717, 1.165) is 10.6 Å². The molecule has 1 N–H and O–H groups in total. The van der Waals surface area contributed by atoms with Gasteiger partial charge < -0.3 is 19.5 Å². The maximum Gasteiger partial charge on any atom is 0.263 e. The molecule has 0 spiro atoms. The summed E-state index contributed by atoms with van der Waals surface area (Å²) in [7, 11) is -0.557. The fraction of sp³-hybridized carbons (Fsp3) is 0.350. The van der Waals surface area contributed by atoms with E-state index in [-0.39, 0.29) is 12.3 Å². The van der Waals surface area contributed by atoms with Crippen molar-refractivity contribution in [2.45, 2.75) is 19.1 Å². The molecular weight excluding hydrogens is 432 g/mol. The van der Waals surface area contributed by atoms with Crippen molar-refractivity contribution in [3.63, 3.8) is 0 Å². The van der Waals surface area contributed by atoms with Crippen LogP contribution >= 0.6 is 11.6 Å². The molecule has 8 nitrogen and oxygen atoms in total. The van der Waals surface area contributed by atoms with E-state index in [1.165, 1.54) is 13.2 Å². The summed E-state index contributed by atoms with van der Waals surface area (Å²) in [6.45, 7) is 1.63. The molecule has 0 unspecified atom stereocenters. The first-order valence-corrected chi connectivity index (χ1v) is 11.3. The van der Waals surface area contributed by atoms with E-state index in [1.807, 2.05) is 0 Å². The zero-order valence-corrected chi connectivity index (χ0v) is 18.6. The van der Waals surface area contributed by atoms with Crippen molar-refractivity contribution in [2.75, 3.05) is 31.3 Å². The SMILES string of the molecule is COc1ccc(OC)c([C@@H](C)NC(=O)[C@@H]2CN(S(C)(=O)=O)c3cc(Cl)ccc3O2)c1. The Morgan fingerprint density at radius 2 is 1.97 bits per heavy atom. The maximum absolute atomic E-state index is 12.9. The number of anilines is 1. The minimum atomic E-state index is -3.64. The summed E-state index contributed by atoms with van der Waals surface area (Å²) in [6.07, 6.45) is 0.0364. The van der Waals surface area contributed by atoms with Crippen LogP contribution in [0.2, 0.25) is 5.02 Å². The Bertz CT molecular complexity index is 1060. The highest BCUT2D eigenvalue weighted by atomic mass is 35.5. The highest BCUT2D eigenvalue weighted by molar-refractivity contribution is 7.92. The lowest BCUT2D eigenvalue weighted by atomic mass is 10.1. The van der Waals surface area contributed by atoms with Gasteiger partial charge in [0.25, 0.3) is 5.91 Å². The molecule has 0 aliphatic carbocycles. The number of carbonyl (C=O) groups excluding carboxylic acids is 1. The summed E-state index contributed by atoms with van der Waals surface area (Å²) in [5, 5.41) is 3.23. The Labute approximate surface area is 180 Å². The van der Waals surface area contributed by atoms with E-state index in [1.54, 1.807) is 44.4 Å². The fourth-order valence-electron chi connectivity index (χ4n) is 3.24. The second-order valence-corrected chi connectivity index (χ2v) is 9.19. The predicted molar refractivity (Wildman–Crippen MR) is 114 cm³/mol. The van der Waals surface area contributed by atoms with Crippen molar-refractivity contribution in [3.8, 4) is 17.2 Å². The molecular formula is C20H23ClN2O6S. The highest BCUT2D eigenvalue weighted by Crippen LogP contribution is 2.37. The highest BCUT2D eigenvalue weighted by Gasteiger charge is 2.35. The van der Waals surface area contributed by atoms with Crippen molar-refractivity contribution < 1.29 is 27.4 Å². The normalized spacial score (nSPS) is 16.8. The Morgan fingerprint density at radius 3 is 2.60 bits per heavy atom. The number of hydrogen-bond acceptors (Lipinski definition) is 6. The zero-order valence-electron chi connectivity index (χ0n) is 17.0. The number of halogens is 1. The number of ether oxygens (including phenoxy) is 3. The van der Waals surface area contributed by atoms with Gasteiger partial charge >= 0.3 is 0 Å². The van der Waals surface area contributed by atoms with Gasteiger partial charge in [-0.15, -0.1) is 0 Å². The molecule has 1 amide bonds. The number of nitrogens with one attached hydrogen (secondary N) is 1. The summed E-state index contributed by atoms with van der Waals surface area (Å²) >= 11 is 6.00. The summed E-state index contributed by atoms with van der Waals surface area (Å²) in [4.78, 5) is 12.9. The van der Waals surface area contributed by atoms with E-state index in [4.69, 9.17) is 25.8 Å². The molecule has 0 saturated heterocycles. The summed E-state index contributed by atoms with van der Waals surface area (Å²) in [5.41, 5.74) is 1.02. The lowest BCUT2D eigenvalue weighted by molar-refractivity contribution is -0.128. The third kappa shape index (κ3) is 4.57. The molecule has 1 aliphatic heterocycles.